The summed E-state index contributed by atoms with van der Waals surface area (Å²) >= 11 is 0. The normalized spacial score (nSPS) is 22.7. The van der Waals surface area contributed by atoms with Crippen LogP contribution in [0.15, 0.2) is 0 Å². The van der Waals surface area contributed by atoms with Crippen molar-refractivity contribution in [3.8, 4) is 0 Å². The van der Waals surface area contributed by atoms with Crippen molar-refractivity contribution in [1.82, 2.24) is 9.03 Å². The van der Waals surface area contributed by atoms with Crippen molar-refractivity contribution in [2.75, 3.05) is 19.7 Å². The van der Waals surface area contributed by atoms with Gasteiger partial charge in [-0.25, -0.2) is 9.52 Å². The van der Waals surface area contributed by atoms with E-state index in [9.17, 15) is 13.2 Å². The minimum atomic E-state index is -3.87. The lowest BCUT2D eigenvalue weighted by atomic mass is 10.3. The molecule has 7 nitrogen and oxygen atoms in total. The molecular formula is C7H14N2O5S. The zero-order chi connectivity index (χ0) is 11.5. The maximum absolute atomic E-state index is 11.5. The molecule has 2 N–H and O–H groups in total. The first-order chi connectivity index (χ1) is 6.95. The van der Waals surface area contributed by atoms with Gasteiger partial charge in [-0.3, -0.25) is 0 Å². The van der Waals surface area contributed by atoms with Crippen LogP contribution in [0.5, 0.6) is 0 Å². The molecule has 0 bridgehead atoms. The average Bonchev–Trinajstić information content (AvgIpc) is 2.51. The highest BCUT2D eigenvalue weighted by atomic mass is 32.2. The number of aliphatic hydroxyl groups excluding tert-OH is 1. The van der Waals surface area contributed by atoms with Gasteiger partial charge in [-0.15, -0.1) is 0 Å². The number of β-amino-alcohol motifs (C(OH)–C–C–N with tert-alkyl or cyclic N) is 1. The summed E-state index contributed by atoms with van der Waals surface area (Å²) in [6, 6.07) is 0. The second kappa shape index (κ2) is 4.77. The Labute approximate surface area is 88.2 Å². The van der Waals surface area contributed by atoms with Crippen molar-refractivity contribution in [2.24, 2.45) is 0 Å². The van der Waals surface area contributed by atoms with Crippen molar-refractivity contribution < 1.29 is 23.1 Å². The predicted molar refractivity (Wildman–Crippen MR) is 51.3 cm³/mol. The van der Waals surface area contributed by atoms with Crippen LogP contribution >= 0.6 is 0 Å². The lowest BCUT2D eigenvalue weighted by Crippen LogP contribution is -2.42. The third kappa shape index (κ3) is 3.33. The lowest BCUT2D eigenvalue weighted by molar-refractivity contribution is 0.157. The molecule has 1 atom stereocenters. The van der Waals surface area contributed by atoms with Crippen LogP contribution in [0, 0.1) is 0 Å². The van der Waals surface area contributed by atoms with Gasteiger partial charge in [0, 0.05) is 13.1 Å². The van der Waals surface area contributed by atoms with E-state index in [0.717, 1.165) is 4.31 Å². The third-order valence-corrected chi connectivity index (χ3v) is 3.39. The Morgan fingerprint density at radius 3 is 2.80 bits per heavy atom. The van der Waals surface area contributed by atoms with Crippen LogP contribution in [0.4, 0.5) is 4.79 Å². The Kier molecular flexibility index (Phi) is 3.89. The molecule has 88 valence electrons. The summed E-state index contributed by atoms with van der Waals surface area (Å²) in [6.07, 6.45) is -1.29. The Hall–Kier alpha value is -0.860. The highest BCUT2D eigenvalue weighted by Crippen LogP contribution is 2.12. The van der Waals surface area contributed by atoms with Gasteiger partial charge < -0.3 is 9.84 Å². The molecule has 1 aliphatic rings. The van der Waals surface area contributed by atoms with Crippen molar-refractivity contribution in [3.63, 3.8) is 0 Å². The summed E-state index contributed by atoms with van der Waals surface area (Å²) in [7, 11) is -3.87. The smallest absolute Gasteiger partial charge is 0.421 e. The molecule has 0 aromatic heterocycles. The van der Waals surface area contributed by atoms with Gasteiger partial charge >= 0.3 is 16.3 Å². The summed E-state index contributed by atoms with van der Waals surface area (Å²) in [6.45, 7) is 1.89. The van der Waals surface area contributed by atoms with Crippen LogP contribution < -0.4 is 4.72 Å². The number of rotatable bonds is 3. The molecule has 1 saturated heterocycles. The Bertz CT molecular complexity index is 328. The Morgan fingerprint density at radius 1 is 1.67 bits per heavy atom. The van der Waals surface area contributed by atoms with E-state index in [-0.39, 0.29) is 19.7 Å². The largest absolute Gasteiger partial charge is 0.449 e. The molecule has 1 amide bonds. The van der Waals surface area contributed by atoms with Gasteiger partial charge in [0.2, 0.25) is 0 Å². The number of amides is 1. The van der Waals surface area contributed by atoms with E-state index in [0.29, 0.717) is 6.42 Å². The van der Waals surface area contributed by atoms with E-state index in [1.54, 1.807) is 11.6 Å². The maximum atomic E-state index is 11.5. The standard InChI is InChI=1S/C7H14N2O5S/c1-2-14-7(11)8-15(12,13)9-4-3-6(10)5-9/h6,10H,2-5H2,1H3,(H,8,11). The van der Waals surface area contributed by atoms with Gasteiger partial charge in [-0.05, 0) is 13.3 Å². The van der Waals surface area contributed by atoms with E-state index in [1.807, 2.05) is 0 Å². The van der Waals surface area contributed by atoms with Crippen LogP contribution in [0.25, 0.3) is 0 Å². The Morgan fingerprint density at radius 2 is 2.33 bits per heavy atom. The average molecular weight is 238 g/mol. The van der Waals surface area contributed by atoms with Crippen molar-refractivity contribution in [2.45, 2.75) is 19.4 Å². The Balaban J connectivity index is 2.56. The van der Waals surface area contributed by atoms with E-state index < -0.39 is 22.4 Å². The van der Waals surface area contributed by atoms with Gasteiger partial charge in [0.05, 0.1) is 12.7 Å². The summed E-state index contributed by atoms with van der Waals surface area (Å²) < 4.78 is 30.1. The number of nitrogens with zero attached hydrogens (tertiary/aromatic N) is 1. The molecule has 0 aromatic carbocycles. The maximum Gasteiger partial charge on any atom is 0.421 e. The highest BCUT2D eigenvalue weighted by molar-refractivity contribution is 7.87. The van der Waals surface area contributed by atoms with Crippen molar-refractivity contribution in [3.05, 3.63) is 0 Å². The number of ether oxygens (including phenoxy) is 1. The second-order valence-corrected chi connectivity index (χ2v) is 4.80. The fraction of sp³-hybridized carbons (Fsp3) is 0.857. The molecule has 1 rings (SSSR count). The molecule has 1 unspecified atom stereocenters. The van der Waals surface area contributed by atoms with Crippen molar-refractivity contribution >= 4 is 16.3 Å². The van der Waals surface area contributed by atoms with E-state index >= 15 is 0 Å². The molecule has 0 aromatic rings. The van der Waals surface area contributed by atoms with Gasteiger partial charge in [0.25, 0.3) is 0 Å². The van der Waals surface area contributed by atoms with Crippen molar-refractivity contribution in [1.29, 1.82) is 0 Å². The zero-order valence-corrected chi connectivity index (χ0v) is 9.16. The molecule has 0 aliphatic carbocycles. The van der Waals surface area contributed by atoms with Crippen LogP contribution in [0.1, 0.15) is 13.3 Å². The first-order valence-corrected chi connectivity index (χ1v) is 6.02. The van der Waals surface area contributed by atoms with E-state index in [1.165, 1.54) is 0 Å². The van der Waals surface area contributed by atoms with Gasteiger partial charge in [-0.2, -0.15) is 12.7 Å². The SMILES string of the molecule is CCOC(=O)NS(=O)(=O)N1CCC(O)C1. The van der Waals surface area contributed by atoms with Crippen LogP contribution in [0.3, 0.4) is 0 Å². The first kappa shape index (κ1) is 12.2. The first-order valence-electron chi connectivity index (χ1n) is 4.58. The number of carbonyl (C=O) groups excluding carboxylic acids is 1. The fourth-order valence-electron chi connectivity index (χ4n) is 1.26. The topological polar surface area (TPSA) is 95.9 Å². The summed E-state index contributed by atoms with van der Waals surface area (Å²) in [5.41, 5.74) is 0. The number of aliphatic hydroxyl groups is 1. The third-order valence-electron chi connectivity index (χ3n) is 1.95. The monoisotopic (exact) mass is 238 g/mol. The molecule has 0 spiro atoms. The van der Waals surface area contributed by atoms with E-state index in [2.05, 4.69) is 4.74 Å². The lowest BCUT2D eigenvalue weighted by Gasteiger charge is -2.15. The molecule has 15 heavy (non-hydrogen) atoms. The summed E-state index contributed by atoms with van der Waals surface area (Å²) in [5, 5.41) is 9.15. The molecule has 1 aliphatic heterocycles. The van der Waals surface area contributed by atoms with Crippen LogP contribution in [0.2, 0.25) is 0 Å². The quantitative estimate of drug-likeness (QED) is 0.660. The molecule has 0 saturated carbocycles. The number of nitrogens with one attached hydrogen (secondary N) is 1. The van der Waals surface area contributed by atoms with Gasteiger partial charge in [0.1, 0.15) is 0 Å². The molecular weight excluding hydrogens is 224 g/mol. The number of hydrogen-bond acceptors (Lipinski definition) is 5. The van der Waals surface area contributed by atoms with Gasteiger partial charge in [0.15, 0.2) is 0 Å². The molecule has 0 radical (unpaired) electrons. The van der Waals surface area contributed by atoms with Crippen LogP contribution in [-0.2, 0) is 14.9 Å². The second-order valence-electron chi connectivity index (χ2n) is 3.13. The van der Waals surface area contributed by atoms with Gasteiger partial charge in [-0.1, -0.05) is 0 Å². The minimum absolute atomic E-state index is 0.00867. The molecule has 1 heterocycles. The zero-order valence-electron chi connectivity index (χ0n) is 8.34. The van der Waals surface area contributed by atoms with E-state index in [4.69, 9.17) is 5.11 Å². The predicted octanol–water partition coefficient (Wildman–Crippen LogP) is -0.956. The highest BCUT2D eigenvalue weighted by Gasteiger charge is 2.31. The minimum Gasteiger partial charge on any atom is -0.449 e. The summed E-state index contributed by atoms with van der Waals surface area (Å²) in [5.74, 6) is 0. The fourth-order valence-corrected chi connectivity index (χ4v) is 2.37. The van der Waals surface area contributed by atoms with Crippen LogP contribution in [-0.4, -0.2) is 49.7 Å². The number of carbonyl (C=O) groups is 1. The molecule has 8 heteroatoms. The summed E-state index contributed by atoms with van der Waals surface area (Å²) in [4.78, 5) is 10.9. The molecule has 1 fully saturated rings. The number of hydrogen-bond donors (Lipinski definition) is 2.